The van der Waals surface area contributed by atoms with Crippen LogP contribution in [0.3, 0.4) is 0 Å². The van der Waals surface area contributed by atoms with Gasteiger partial charge in [-0.1, -0.05) is 37.1 Å². The molecule has 0 bridgehead atoms. The molecule has 0 atom stereocenters. The SMILES string of the molecule is CCCCc1cc(NC(=O)NCc2cccnc2Oc2ccc3c(cnn3C)c2)n(-c2ccc(C)cc2)n1. The Balaban J connectivity index is 1.28. The second-order valence-electron chi connectivity index (χ2n) is 9.24. The van der Waals surface area contributed by atoms with E-state index in [2.05, 4.69) is 27.6 Å². The molecule has 0 saturated carbocycles. The smallest absolute Gasteiger partial charge is 0.320 e. The molecular weight excluding hydrogens is 478 g/mol. The lowest BCUT2D eigenvalue weighted by Crippen LogP contribution is -2.29. The molecule has 9 heteroatoms. The van der Waals surface area contributed by atoms with E-state index in [0.29, 0.717) is 17.4 Å². The highest BCUT2D eigenvalue weighted by molar-refractivity contribution is 5.88. The maximum absolute atomic E-state index is 12.9. The molecule has 0 aliphatic carbocycles. The number of urea groups is 1. The van der Waals surface area contributed by atoms with Crippen LogP contribution in [0.4, 0.5) is 10.6 Å². The molecule has 2 aromatic carbocycles. The number of unbranched alkanes of at least 4 members (excludes halogenated alkanes) is 1. The van der Waals surface area contributed by atoms with E-state index in [-0.39, 0.29) is 12.6 Å². The van der Waals surface area contributed by atoms with Gasteiger partial charge >= 0.3 is 6.03 Å². The zero-order valence-corrected chi connectivity index (χ0v) is 21.8. The number of nitrogens with one attached hydrogen (secondary N) is 2. The van der Waals surface area contributed by atoms with Crippen LogP contribution in [0.15, 0.2) is 73.1 Å². The summed E-state index contributed by atoms with van der Waals surface area (Å²) in [6.07, 6.45) is 6.43. The molecule has 5 aromatic rings. The predicted octanol–water partition coefficient (Wildman–Crippen LogP) is 5.92. The molecule has 9 nitrogen and oxygen atoms in total. The number of anilines is 1. The van der Waals surface area contributed by atoms with Gasteiger partial charge < -0.3 is 10.1 Å². The van der Waals surface area contributed by atoms with Crippen LogP contribution in [0.25, 0.3) is 16.6 Å². The first-order valence-electron chi connectivity index (χ1n) is 12.7. The number of ether oxygens (including phenoxy) is 1. The maximum Gasteiger partial charge on any atom is 0.320 e. The van der Waals surface area contributed by atoms with Crippen molar-refractivity contribution in [3.05, 3.63) is 89.9 Å². The van der Waals surface area contributed by atoms with Crippen LogP contribution in [-0.2, 0) is 20.0 Å². The number of aryl methyl sites for hydroxylation is 3. The van der Waals surface area contributed by atoms with E-state index in [1.807, 2.05) is 79.3 Å². The van der Waals surface area contributed by atoms with Crippen LogP contribution in [-0.4, -0.2) is 30.6 Å². The van der Waals surface area contributed by atoms with Crippen molar-refractivity contribution in [1.82, 2.24) is 29.9 Å². The number of hydrogen-bond acceptors (Lipinski definition) is 5. The van der Waals surface area contributed by atoms with Crippen molar-refractivity contribution >= 4 is 22.8 Å². The van der Waals surface area contributed by atoms with Gasteiger partial charge in [0.2, 0.25) is 5.88 Å². The van der Waals surface area contributed by atoms with Crippen molar-refractivity contribution in [1.29, 1.82) is 0 Å². The molecule has 3 aromatic heterocycles. The average Bonchev–Trinajstić information content (AvgIpc) is 3.50. The van der Waals surface area contributed by atoms with Crippen molar-refractivity contribution in [2.45, 2.75) is 39.7 Å². The summed E-state index contributed by atoms with van der Waals surface area (Å²) in [5.74, 6) is 1.70. The highest BCUT2D eigenvalue weighted by Gasteiger charge is 2.14. The molecule has 194 valence electrons. The summed E-state index contributed by atoms with van der Waals surface area (Å²) in [5.41, 5.74) is 4.76. The van der Waals surface area contributed by atoms with Crippen LogP contribution in [0, 0.1) is 6.92 Å². The van der Waals surface area contributed by atoms with E-state index in [1.54, 1.807) is 17.1 Å². The summed E-state index contributed by atoms with van der Waals surface area (Å²) in [6.45, 7) is 4.43. The molecule has 0 fully saturated rings. The normalized spacial score (nSPS) is 11.0. The summed E-state index contributed by atoms with van der Waals surface area (Å²) in [7, 11) is 1.90. The Bertz CT molecular complexity index is 1550. The average molecular weight is 510 g/mol. The topological polar surface area (TPSA) is 98.9 Å². The molecule has 5 rings (SSSR count). The van der Waals surface area contributed by atoms with Crippen molar-refractivity contribution < 1.29 is 9.53 Å². The molecule has 2 N–H and O–H groups in total. The van der Waals surface area contributed by atoms with Gasteiger partial charge in [0.1, 0.15) is 11.6 Å². The third-order valence-electron chi connectivity index (χ3n) is 6.29. The number of carbonyl (C=O) groups is 1. The van der Waals surface area contributed by atoms with Gasteiger partial charge in [0.15, 0.2) is 0 Å². The van der Waals surface area contributed by atoms with Crippen LogP contribution in [0.2, 0.25) is 0 Å². The Kier molecular flexibility index (Phi) is 7.35. The highest BCUT2D eigenvalue weighted by Crippen LogP contribution is 2.26. The second-order valence-corrected chi connectivity index (χ2v) is 9.24. The zero-order valence-electron chi connectivity index (χ0n) is 21.8. The van der Waals surface area contributed by atoms with Crippen molar-refractivity contribution in [2.24, 2.45) is 7.05 Å². The first kappa shape index (κ1) is 25.0. The quantitative estimate of drug-likeness (QED) is 0.257. The minimum Gasteiger partial charge on any atom is -0.439 e. The lowest BCUT2D eigenvalue weighted by Gasteiger charge is -2.12. The number of carbonyl (C=O) groups excluding carboxylic acids is 1. The molecule has 3 heterocycles. The Morgan fingerprint density at radius 3 is 2.74 bits per heavy atom. The molecule has 0 spiro atoms. The van der Waals surface area contributed by atoms with E-state index in [0.717, 1.165) is 52.7 Å². The van der Waals surface area contributed by atoms with Gasteiger partial charge in [-0.05, 0) is 56.2 Å². The summed E-state index contributed by atoms with van der Waals surface area (Å²) in [4.78, 5) is 17.3. The van der Waals surface area contributed by atoms with Crippen LogP contribution in [0.1, 0.15) is 36.6 Å². The number of hydrogen-bond donors (Lipinski definition) is 2. The number of rotatable bonds is 9. The van der Waals surface area contributed by atoms with Crippen LogP contribution < -0.4 is 15.4 Å². The minimum absolute atomic E-state index is 0.242. The number of aromatic nitrogens is 5. The van der Waals surface area contributed by atoms with E-state index >= 15 is 0 Å². The summed E-state index contributed by atoms with van der Waals surface area (Å²) < 4.78 is 9.66. The lowest BCUT2D eigenvalue weighted by atomic mass is 10.2. The molecule has 0 aliphatic heterocycles. The maximum atomic E-state index is 12.9. The van der Waals surface area contributed by atoms with E-state index < -0.39 is 0 Å². The number of fused-ring (bicyclic) bond motifs is 1. The second kappa shape index (κ2) is 11.2. The van der Waals surface area contributed by atoms with Gasteiger partial charge in [-0.2, -0.15) is 10.2 Å². The van der Waals surface area contributed by atoms with E-state index in [4.69, 9.17) is 9.84 Å². The highest BCUT2D eigenvalue weighted by atomic mass is 16.5. The third-order valence-corrected chi connectivity index (χ3v) is 6.29. The van der Waals surface area contributed by atoms with Gasteiger partial charge in [-0.25, -0.2) is 14.5 Å². The van der Waals surface area contributed by atoms with E-state index in [9.17, 15) is 4.79 Å². The Morgan fingerprint density at radius 2 is 1.92 bits per heavy atom. The van der Waals surface area contributed by atoms with Crippen molar-refractivity contribution in [2.75, 3.05) is 5.32 Å². The molecule has 0 unspecified atom stereocenters. The fraction of sp³-hybridized carbons (Fsp3) is 0.241. The van der Waals surface area contributed by atoms with Crippen molar-refractivity contribution in [3.8, 4) is 17.3 Å². The standard InChI is InChI=1S/C29H31N7O2/c1-4-5-8-23-17-27(36(34-23)24-11-9-20(2)10-12-24)33-29(37)31-18-21-7-6-15-30-28(21)38-25-13-14-26-22(16-25)19-32-35(26)3/h6-7,9-17,19H,4-5,8,18H2,1-3H3,(H2,31,33,37). The predicted molar refractivity (Wildman–Crippen MR) is 148 cm³/mol. The van der Waals surface area contributed by atoms with E-state index in [1.165, 1.54) is 0 Å². The van der Waals surface area contributed by atoms with Gasteiger partial charge in [-0.15, -0.1) is 0 Å². The molecule has 0 aliphatic rings. The Morgan fingerprint density at radius 1 is 1.08 bits per heavy atom. The summed E-state index contributed by atoms with van der Waals surface area (Å²) in [6, 6.07) is 19.1. The zero-order chi connectivity index (χ0) is 26.5. The van der Waals surface area contributed by atoms with Gasteiger partial charge in [-0.3, -0.25) is 10.00 Å². The molecule has 0 radical (unpaired) electrons. The first-order valence-corrected chi connectivity index (χ1v) is 12.7. The fourth-order valence-electron chi connectivity index (χ4n) is 4.19. The van der Waals surface area contributed by atoms with Crippen molar-refractivity contribution in [3.63, 3.8) is 0 Å². The third kappa shape index (κ3) is 5.67. The van der Waals surface area contributed by atoms with Gasteiger partial charge in [0, 0.05) is 36.8 Å². The Labute approximate surface area is 221 Å². The molecular formula is C29H31N7O2. The number of benzene rings is 2. The largest absolute Gasteiger partial charge is 0.439 e. The monoisotopic (exact) mass is 509 g/mol. The fourth-order valence-corrected chi connectivity index (χ4v) is 4.19. The van der Waals surface area contributed by atoms with Gasteiger partial charge in [0.05, 0.1) is 23.1 Å². The Hall–Kier alpha value is -4.66. The number of amides is 2. The summed E-state index contributed by atoms with van der Waals surface area (Å²) >= 11 is 0. The molecule has 38 heavy (non-hydrogen) atoms. The van der Waals surface area contributed by atoms with Crippen LogP contribution >= 0.6 is 0 Å². The number of pyridine rings is 1. The van der Waals surface area contributed by atoms with Crippen LogP contribution in [0.5, 0.6) is 11.6 Å². The lowest BCUT2D eigenvalue weighted by molar-refractivity contribution is 0.251. The molecule has 0 saturated heterocycles. The first-order chi connectivity index (χ1) is 18.5. The molecule has 2 amide bonds. The summed E-state index contributed by atoms with van der Waals surface area (Å²) in [5, 5.41) is 15.9. The number of nitrogens with zero attached hydrogens (tertiary/aromatic N) is 5. The van der Waals surface area contributed by atoms with Gasteiger partial charge in [0.25, 0.3) is 0 Å². The minimum atomic E-state index is -0.341.